The van der Waals surface area contributed by atoms with Gasteiger partial charge in [0.1, 0.15) is 0 Å². The Balaban J connectivity index is 3.43. The van der Waals surface area contributed by atoms with E-state index in [0.717, 1.165) is 38.5 Å². The van der Waals surface area contributed by atoms with Crippen molar-refractivity contribution in [2.45, 2.75) is 347 Å². The summed E-state index contributed by atoms with van der Waals surface area (Å²) in [5, 5.41) is 23.2. The first-order chi connectivity index (χ1) is 33.7. The van der Waals surface area contributed by atoms with Crippen molar-refractivity contribution in [3.8, 4) is 0 Å². The first-order valence-electron chi connectivity index (χ1n) is 30.9. The van der Waals surface area contributed by atoms with Gasteiger partial charge < -0.3 is 15.5 Å². The largest absolute Gasteiger partial charge is 0.394 e. The summed E-state index contributed by atoms with van der Waals surface area (Å²) in [6.07, 6.45) is 83.0. The Labute approximate surface area is 426 Å². The van der Waals surface area contributed by atoms with Crippen LogP contribution in [0.5, 0.6) is 0 Å². The minimum atomic E-state index is -0.839. The van der Waals surface area contributed by atoms with Crippen LogP contribution in [0.1, 0.15) is 335 Å². The molecule has 1 amide bonds. The maximum absolute atomic E-state index is 12.5. The van der Waals surface area contributed by atoms with Gasteiger partial charge in [-0.05, 0) is 57.8 Å². The molecular weight excluding hydrogens is 831 g/mol. The number of nitrogens with one attached hydrogen (secondary N) is 1. The van der Waals surface area contributed by atoms with Crippen LogP contribution in [0, 0.1) is 0 Å². The summed E-state index contributed by atoms with van der Waals surface area (Å²) in [6.45, 7) is 4.33. The number of hydrogen-bond donors (Lipinski definition) is 3. The molecule has 0 rings (SSSR count). The summed E-state index contributed by atoms with van der Waals surface area (Å²) in [6, 6.07) is -0.621. The third-order valence-corrected chi connectivity index (χ3v) is 14.3. The molecule has 0 saturated carbocycles. The van der Waals surface area contributed by atoms with Gasteiger partial charge in [-0.15, -0.1) is 0 Å². The fourth-order valence-electron chi connectivity index (χ4n) is 9.60. The Bertz CT molecular complexity index is 1080. The molecule has 0 radical (unpaired) electrons. The maximum atomic E-state index is 12.5. The molecule has 0 aromatic rings. The number of rotatable bonds is 57. The van der Waals surface area contributed by atoms with Crippen LogP contribution in [-0.4, -0.2) is 34.9 Å². The van der Waals surface area contributed by atoms with Crippen molar-refractivity contribution in [1.82, 2.24) is 5.32 Å². The van der Waals surface area contributed by atoms with E-state index in [1.807, 2.05) is 6.08 Å². The van der Waals surface area contributed by atoms with Gasteiger partial charge in [0.05, 0.1) is 18.8 Å². The molecule has 0 aliphatic rings. The predicted molar refractivity (Wildman–Crippen MR) is 304 cm³/mol. The van der Waals surface area contributed by atoms with Crippen LogP contribution in [0.25, 0.3) is 0 Å². The SMILES string of the molecule is CCCCCCC/C=C\C/C=C\C/C=C\CCCCCCCCCCCCCCCCCCCCCCCCC(=O)NC(CO)C(O)/C=C/CCCCCCCCCCCCCCCCCCC. The highest BCUT2D eigenvalue weighted by atomic mass is 16.3. The second-order valence-corrected chi connectivity index (χ2v) is 21.1. The van der Waals surface area contributed by atoms with Crippen LogP contribution in [0.2, 0.25) is 0 Å². The zero-order chi connectivity index (χ0) is 49.2. The van der Waals surface area contributed by atoms with Gasteiger partial charge in [-0.3, -0.25) is 4.79 Å². The number of aliphatic hydroxyl groups excluding tert-OH is 2. The molecule has 0 heterocycles. The zero-order valence-electron chi connectivity index (χ0n) is 46.1. The van der Waals surface area contributed by atoms with Gasteiger partial charge in [-0.2, -0.15) is 0 Å². The van der Waals surface area contributed by atoms with Crippen LogP contribution in [0.3, 0.4) is 0 Å². The van der Waals surface area contributed by atoms with E-state index < -0.39 is 12.1 Å². The van der Waals surface area contributed by atoms with Gasteiger partial charge in [0.15, 0.2) is 0 Å². The van der Waals surface area contributed by atoms with Crippen molar-refractivity contribution in [3.05, 3.63) is 48.6 Å². The molecule has 4 nitrogen and oxygen atoms in total. The molecule has 400 valence electrons. The molecule has 2 atom stereocenters. The van der Waals surface area contributed by atoms with Crippen molar-refractivity contribution in [2.24, 2.45) is 0 Å². The minimum Gasteiger partial charge on any atom is -0.394 e. The van der Waals surface area contributed by atoms with Crippen LogP contribution in [0.4, 0.5) is 0 Å². The maximum Gasteiger partial charge on any atom is 0.220 e. The van der Waals surface area contributed by atoms with Gasteiger partial charge in [0.2, 0.25) is 5.91 Å². The molecule has 4 heteroatoms. The summed E-state index contributed by atoms with van der Waals surface area (Å²) in [7, 11) is 0. The minimum absolute atomic E-state index is 0.0582. The highest BCUT2D eigenvalue weighted by Gasteiger charge is 2.18. The predicted octanol–water partition coefficient (Wildman–Crippen LogP) is 20.6. The fraction of sp³-hybridized carbons (Fsp3) is 0.859. The number of carbonyl (C=O) groups is 1. The Kier molecular flexibility index (Phi) is 58.2. The van der Waals surface area contributed by atoms with Crippen molar-refractivity contribution < 1.29 is 15.0 Å². The second kappa shape index (κ2) is 59.7. The lowest BCUT2D eigenvalue weighted by Crippen LogP contribution is -2.45. The van der Waals surface area contributed by atoms with Crippen LogP contribution >= 0.6 is 0 Å². The Morgan fingerprint density at radius 2 is 0.603 bits per heavy atom. The van der Waals surface area contributed by atoms with E-state index in [-0.39, 0.29) is 12.5 Å². The van der Waals surface area contributed by atoms with Crippen LogP contribution < -0.4 is 5.32 Å². The fourth-order valence-corrected chi connectivity index (χ4v) is 9.60. The summed E-state index contributed by atoms with van der Waals surface area (Å²) < 4.78 is 0. The van der Waals surface area contributed by atoms with Crippen LogP contribution in [0.15, 0.2) is 48.6 Å². The highest BCUT2D eigenvalue weighted by molar-refractivity contribution is 5.76. The summed E-state index contributed by atoms with van der Waals surface area (Å²) in [5.74, 6) is -0.0582. The zero-order valence-corrected chi connectivity index (χ0v) is 46.1. The smallest absolute Gasteiger partial charge is 0.220 e. The number of aliphatic hydroxyl groups is 2. The Morgan fingerprint density at radius 1 is 0.353 bits per heavy atom. The Morgan fingerprint density at radius 3 is 0.897 bits per heavy atom. The lowest BCUT2D eigenvalue weighted by Gasteiger charge is -2.20. The van der Waals surface area contributed by atoms with Crippen molar-refractivity contribution >= 4 is 5.91 Å². The van der Waals surface area contributed by atoms with Crippen LogP contribution in [-0.2, 0) is 4.79 Å². The Hall–Kier alpha value is -1.65. The van der Waals surface area contributed by atoms with E-state index in [1.165, 1.54) is 276 Å². The number of unbranched alkanes of at least 4 members (excludes halogenated alkanes) is 44. The van der Waals surface area contributed by atoms with Gasteiger partial charge in [-0.25, -0.2) is 0 Å². The molecule has 0 spiro atoms. The number of carbonyl (C=O) groups excluding carboxylic acids is 1. The van der Waals surface area contributed by atoms with Gasteiger partial charge in [0.25, 0.3) is 0 Å². The molecule has 68 heavy (non-hydrogen) atoms. The molecule has 0 bridgehead atoms. The molecule has 0 aliphatic carbocycles. The molecule has 0 fully saturated rings. The van der Waals surface area contributed by atoms with Crippen molar-refractivity contribution in [3.63, 3.8) is 0 Å². The molecule has 0 aromatic carbocycles. The monoisotopic (exact) mass is 952 g/mol. The topological polar surface area (TPSA) is 69.6 Å². The van der Waals surface area contributed by atoms with Gasteiger partial charge in [-0.1, -0.05) is 319 Å². The second-order valence-electron chi connectivity index (χ2n) is 21.1. The molecule has 2 unspecified atom stereocenters. The van der Waals surface area contributed by atoms with Crippen molar-refractivity contribution in [1.29, 1.82) is 0 Å². The van der Waals surface area contributed by atoms with Gasteiger partial charge in [0, 0.05) is 6.42 Å². The number of allylic oxidation sites excluding steroid dienone is 7. The molecule has 0 saturated heterocycles. The lowest BCUT2D eigenvalue weighted by molar-refractivity contribution is -0.123. The summed E-state index contributed by atoms with van der Waals surface area (Å²) in [4.78, 5) is 12.5. The van der Waals surface area contributed by atoms with E-state index in [1.54, 1.807) is 6.08 Å². The third-order valence-electron chi connectivity index (χ3n) is 14.3. The molecule has 0 aliphatic heterocycles. The number of hydrogen-bond acceptors (Lipinski definition) is 3. The first-order valence-corrected chi connectivity index (χ1v) is 30.9. The van der Waals surface area contributed by atoms with E-state index in [9.17, 15) is 15.0 Å². The molecule has 0 aromatic heterocycles. The summed E-state index contributed by atoms with van der Waals surface area (Å²) in [5.41, 5.74) is 0. The van der Waals surface area contributed by atoms with Crippen molar-refractivity contribution in [2.75, 3.05) is 6.61 Å². The number of amides is 1. The van der Waals surface area contributed by atoms with E-state index >= 15 is 0 Å². The normalized spacial score (nSPS) is 13.1. The average Bonchev–Trinajstić information content (AvgIpc) is 3.34. The van der Waals surface area contributed by atoms with E-state index in [2.05, 4.69) is 55.6 Å². The van der Waals surface area contributed by atoms with E-state index in [0.29, 0.717) is 6.42 Å². The highest BCUT2D eigenvalue weighted by Crippen LogP contribution is 2.18. The van der Waals surface area contributed by atoms with Gasteiger partial charge >= 0.3 is 0 Å². The average molecular weight is 953 g/mol. The van der Waals surface area contributed by atoms with E-state index in [4.69, 9.17) is 0 Å². The lowest BCUT2D eigenvalue weighted by atomic mass is 10.0. The third kappa shape index (κ3) is 55.3. The first kappa shape index (κ1) is 66.3. The molecule has 3 N–H and O–H groups in total. The molecular formula is C64H121NO3. The summed E-state index contributed by atoms with van der Waals surface area (Å²) >= 11 is 0. The quantitative estimate of drug-likeness (QED) is 0.0420. The standard InChI is InChI=1S/C64H121NO3/c1-3-5-7-9-11-13-15-17-19-21-23-24-25-26-27-28-29-30-31-32-33-34-35-36-37-38-39-40-42-44-46-48-50-52-54-56-58-60-64(68)65-62(61-66)63(67)59-57-55-53-51-49-47-45-43-41-22-20-18-16-14-12-10-8-6-4-2/h15,17,21,23,25-26,57,59,62-63,66-67H,3-14,16,18-20,22,24,27-56,58,60-61H2,1-2H3,(H,65,68)/b17-15-,23-21-,26-25-,59-57+.